The van der Waals surface area contributed by atoms with E-state index in [-0.39, 0.29) is 28.7 Å². The molecule has 2 aliphatic carbocycles. The number of hydrogen-bond donors (Lipinski definition) is 1. The number of anilines is 2. The summed E-state index contributed by atoms with van der Waals surface area (Å²) in [6.07, 6.45) is 8.19. The fourth-order valence-electron chi connectivity index (χ4n) is 3.84. The highest BCUT2D eigenvalue weighted by Crippen LogP contribution is 2.40. The number of nitrogens with one attached hydrogen (secondary N) is 1. The smallest absolute Gasteiger partial charge is 0.288 e. The number of nitrogens with zero attached hydrogens (tertiary/aromatic N) is 3. The van der Waals surface area contributed by atoms with Crippen molar-refractivity contribution in [3.05, 3.63) is 87.5 Å². The van der Waals surface area contributed by atoms with Crippen LogP contribution in [0.2, 0.25) is 0 Å². The lowest BCUT2D eigenvalue weighted by Crippen LogP contribution is -2.01. The zero-order chi connectivity index (χ0) is 21.5. The standard InChI is InChI=1S/C24H16F2N4O/c1-13-8-17-18(9-13)21(26)20(11-19(17)25)31-24-22(27-2)23(28-12-29-24)30-16-7-6-14-4-3-5-15(14)10-16/h3,5-7,9-12H,4,8H2,1H3,(H,28,29,30). The van der Waals surface area contributed by atoms with Crippen molar-refractivity contribution in [3.63, 3.8) is 0 Å². The van der Waals surface area contributed by atoms with Gasteiger partial charge in [-0.1, -0.05) is 29.9 Å². The van der Waals surface area contributed by atoms with E-state index < -0.39 is 11.6 Å². The molecular formula is C24H16F2N4O. The Morgan fingerprint density at radius 1 is 1.19 bits per heavy atom. The Hall–Kier alpha value is -4.05. The van der Waals surface area contributed by atoms with Crippen molar-refractivity contribution in [1.29, 1.82) is 0 Å². The van der Waals surface area contributed by atoms with Gasteiger partial charge in [-0.3, -0.25) is 0 Å². The molecule has 1 N–H and O–H groups in total. The Labute approximate surface area is 177 Å². The summed E-state index contributed by atoms with van der Waals surface area (Å²) < 4.78 is 35.0. The second kappa shape index (κ2) is 7.33. The van der Waals surface area contributed by atoms with Crippen molar-refractivity contribution < 1.29 is 13.5 Å². The summed E-state index contributed by atoms with van der Waals surface area (Å²) in [6, 6.07) is 6.86. The molecule has 31 heavy (non-hydrogen) atoms. The van der Waals surface area contributed by atoms with E-state index in [4.69, 9.17) is 11.3 Å². The number of hydrogen-bond acceptors (Lipinski definition) is 4. The number of rotatable bonds is 4. The van der Waals surface area contributed by atoms with Crippen molar-refractivity contribution in [2.45, 2.75) is 19.8 Å². The van der Waals surface area contributed by atoms with Gasteiger partial charge in [-0.2, -0.15) is 0 Å². The van der Waals surface area contributed by atoms with Crippen LogP contribution in [0.5, 0.6) is 11.6 Å². The summed E-state index contributed by atoms with van der Waals surface area (Å²) in [7, 11) is 0. The van der Waals surface area contributed by atoms with Crippen LogP contribution in [0.1, 0.15) is 29.2 Å². The summed E-state index contributed by atoms with van der Waals surface area (Å²) in [6.45, 7) is 9.37. The minimum atomic E-state index is -0.678. The first-order valence-electron chi connectivity index (χ1n) is 9.68. The Kier molecular flexibility index (Phi) is 4.48. The third-order valence-electron chi connectivity index (χ3n) is 5.32. The van der Waals surface area contributed by atoms with E-state index in [0.29, 0.717) is 12.0 Å². The topological polar surface area (TPSA) is 51.4 Å². The van der Waals surface area contributed by atoms with Gasteiger partial charge in [-0.25, -0.2) is 23.6 Å². The highest BCUT2D eigenvalue weighted by atomic mass is 19.1. The fourth-order valence-corrected chi connectivity index (χ4v) is 3.84. The molecule has 2 aromatic carbocycles. The van der Waals surface area contributed by atoms with Crippen molar-refractivity contribution in [3.8, 4) is 11.6 Å². The molecule has 0 unspecified atom stereocenters. The van der Waals surface area contributed by atoms with E-state index in [2.05, 4.69) is 26.2 Å². The largest absolute Gasteiger partial charge is 0.446 e. The number of ether oxygens (including phenoxy) is 1. The highest BCUT2D eigenvalue weighted by molar-refractivity contribution is 5.77. The first-order valence-corrected chi connectivity index (χ1v) is 9.68. The minimum Gasteiger partial charge on any atom is -0.446 e. The monoisotopic (exact) mass is 414 g/mol. The lowest BCUT2D eigenvalue weighted by Gasteiger charge is -2.13. The first kappa shape index (κ1) is 18.9. The molecule has 5 nitrogen and oxygen atoms in total. The number of allylic oxidation sites excluding steroid dienone is 2. The second-order valence-electron chi connectivity index (χ2n) is 7.47. The molecule has 0 saturated heterocycles. The summed E-state index contributed by atoms with van der Waals surface area (Å²) in [4.78, 5) is 11.6. The van der Waals surface area contributed by atoms with Gasteiger partial charge in [-0.15, -0.1) is 0 Å². The summed E-state index contributed by atoms with van der Waals surface area (Å²) in [5.41, 5.74) is 4.39. The van der Waals surface area contributed by atoms with Crippen LogP contribution in [0, 0.1) is 18.2 Å². The van der Waals surface area contributed by atoms with Gasteiger partial charge >= 0.3 is 0 Å². The predicted octanol–water partition coefficient (Wildman–Crippen LogP) is 6.37. The van der Waals surface area contributed by atoms with Crippen LogP contribution in [0.3, 0.4) is 0 Å². The van der Waals surface area contributed by atoms with Crippen LogP contribution in [0.25, 0.3) is 17.0 Å². The highest BCUT2D eigenvalue weighted by Gasteiger charge is 2.24. The zero-order valence-corrected chi connectivity index (χ0v) is 16.5. The van der Waals surface area contributed by atoms with Gasteiger partial charge < -0.3 is 10.1 Å². The SMILES string of the molecule is [C-]#[N+]c1c(Nc2ccc3c(c2)C=CC3)ncnc1Oc1cc(F)c2c(c1F)C=C(C)C2. The Morgan fingerprint density at radius 2 is 2.06 bits per heavy atom. The van der Waals surface area contributed by atoms with Crippen LogP contribution in [-0.2, 0) is 12.8 Å². The van der Waals surface area contributed by atoms with Crippen LogP contribution in [0.4, 0.5) is 26.0 Å². The van der Waals surface area contributed by atoms with E-state index >= 15 is 0 Å². The molecule has 7 heteroatoms. The fraction of sp³-hybridized carbons (Fsp3) is 0.125. The zero-order valence-electron chi connectivity index (χ0n) is 16.5. The molecule has 1 aromatic heterocycles. The maximum Gasteiger partial charge on any atom is 0.288 e. The molecule has 1 heterocycles. The van der Waals surface area contributed by atoms with Crippen molar-refractivity contribution in [1.82, 2.24) is 9.97 Å². The lowest BCUT2D eigenvalue weighted by atomic mass is 10.1. The summed E-state index contributed by atoms with van der Waals surface area (Å²) >= 11 is 0. The minimum absolute atomic E-state index is 0.0226. The van der Waals surface area contributed by atoms with Crippen LogP contribution in [-0.4, -0.2) is 9.97 Å². The van der Waals surface area contributed by atoms with E-state index in [9.17, 15) is 8.78 Å². The van der Waals surface area contributed by atoms with Crippen LogP contribution >= 0.6 is 0 Å². The lowest BCUT2D eigenvalue weighted by molar-refractivity contribution is 0.422. The van der Waals surface area contributed by atoms with Crippen LogP contribution < -0.4 is 10.1 Å². The molecule has 152 valence electrons. The number of halogens is 2. The number of benzene rings is 2. The molecule has 3 aromatic rings. The van der Waals surface area contributed by atoms with E-state index in [1.54, 1.807) is 6.08 Å². The molecule has 0 atom stereocenters. The van der Waals surface area contributed by atoms with Crippen molar-refractivity contribution in [2.75, 3.05) is 5.32 Å². The number of aromatic nitrogens is 2. The van der Waals surface area contributed by atoms with E-state index in [1.165, 1.54) is 11.9 Å². The van der Waals surface area contributed by atoms with Gasteiger partial charge in [-0.05, 0) is 43.0 Å². The summed E-state index contributed by atoms with van der Waals surface area (Å²) in [5.74, 6) is -1.48. The van der Waals surface area contributed by atoms with Crippen molar-refractivity contribution in [2.24, 2.45) is 0 Å². The second-order valence-corrected chi connectivity index (χ2v) is 7.47. The van der Waals surface area contributed by atoms with Gasteiger partial charge in [0.2, 0.25) is 5.88 Å². The van der Waals surface area contributed by atoms with Gasteiger partial charge in [0.1, 0.15) is 18.0 Å². The Bertz CT molecular complexity index is 1340. The maximum absolute atomic E-state index is 14.9. The van der Waals surface area contributed by atoms with Gasteiger partial charge in [0.05, 0.1) is 6.57 Å². The molecule has 0 saturated carbocycles. The molecular weight excluding hydrogens is 398 g/mol. The average Bonchev–Trinajstić information content (AvgIpc) is 3.38. The molecule has 0 aliphatic heterocycles. The predicted molar refractivity (Wildman–Crippen MR) is 115 cm³/mol. The molecule has 0 amide bonds. The molecule has 0 bridgehead atoms. The van der Waals surface area contributed by atoms with Gasteiger partial charge in [0, 0.05) is 22.9 Å². The van der Waals surface area contributed by atoms with Crippen LogP contribution in [0.15, 0.2) is 42.2 Å². The third-order valence-corrected chi connectivity index (χ3v) is 5.32. The average molecular weight is 414 g/mol. The normalized spacial score (nSPS) is 13.4. The molecule has 0 radical (unpaired) electrons. The molecule has 0 fully saturated rings. The molecule has 2 aliphatic rings. The first-order chi connectivity index (χ1) is 15.0. The number of fused-ring (bicyclic) bond motifs is 2. The van der Waals surface area contributed by atoms with E-state index in [0.717, 1.165) is 29.3 Å². The van der Waals surface area contributed by atoms with Crippen molar-refractivity contribution >= 4 is 29.3 Å². The quantitative estimate of drug-likeness (QED) is 0.504. The molecule has 0 spiro atoms. The Balaban J connectivity index is 1.49. The Morgan fingerprint density at radius 3 is 2.90 bits per heavy atom. The maximum atomic E-state index is 14.9. The van der Waals surface area contributed by atoms with Gasteiger partial charge in [0.25, 0.3) is 5.69 Å². The summed E-state index contributed by atoms with van der Waals surface area (Å²) in [5, 5.41) is 3.10. The van der Waals surface area contributed by atoms with E-state index in [1.807, 2.05) is 31.2 Å². The third kappa shape index (κ3) is 3.32. The molecule has 5 rings (SSSR count). The van der Waals surface area contributed by atoms with Gasteiger partial charge in [0.15, 0.2) is 11.6 Å².